The third kappa shape index (κ3) is 5.76. The number of rotatable bonds is 7. The Morgan fingerprint density at radius 2 is 1.38 bits per heavy atom. The lowest BCUT2D eigenvalue weighted by atomic mass is 9.94. The second-order valence-electron chi connectivity index (χ2n) is 5.64. The highest BCUT2D eigenvalue weighted by Crippen LogP contribution is 2.31. The van der Waals surface area contributed by atoms with Gasteiger partial charge < -0.3 is 23.7 Å². The van der Waals surface area contributed by atoms with E-state index in [0.717, 1.165) is 12.8 Å². The first kappa shape index (κ1) is 20.4. The van der Waals surface area contributed by atoms with E-state index in [9.17, 15) is 14.4 Å². The summed E-state index contributed by atoms with van der Waals surface area (Å²) in [6.07, 6.45) is -2.05. The average molecular weight is 346 g/mol. The minimum absolute atomic E-state index is 0.532. The largest absolute Gasteiger partial charge is 0.456 e. The van der Waals surface area contributed by atoms with Gasteiger partial charge in [0, 0.05) is 27.9 Å². The van der Waals surface area contributed by atoms with Crippen LogP contribution in [0.1, 0.15) is 47.0 Å². The van der Waals surface area contributed by atoms with Gasteiger partial charge in [-0.1, -0.05) is 19.8 Å². The molecule has 0 radical (unpaired) electrons. The van der Waals surface area contributed by atoms with Crippen LogP contribution in [0.3, 0.4) is 0 Å². The molecule has 0 amide bonds. The zero-order chi connectivity index (χ0) is 18.3. The minimum atomic E-state index is -1.03. The molecule has 1 fully saturated rings. The van der Waals surface area contributed by atoms with Crippen molar-refractivity contribution in [2.75, 3.05) is 7.11 Å². The first-order valence-corrected chi connectivity index (χ1v) is 8.00. The molecule has 138 valence electrons. The molecule has 8 nitrogen and oxygen atoms in total. The fraction of sp³-hybridized carbons (Fsp3) is 0.812. The average Bonchev–Trinajstić information content (AvgIpc) is 2.48. The van der Waals surface area contributed by atoms with Crippen LogP contribution in [-0.4, -0.2) is 55.7 Å². The summed E-state index contributed by atoms with van der Waals surface area (Å²) >= 11 is 0. The van der Waals surface area contributed by atoms with Crippen molar-refractivity contribution in [3.05, 3.63) is 0 Å². The Morgan fingerprint density at radius 3 is 1.83 bits per heavy atom. The van der Waals surface area contributed by atoms with Crippen molar-refractivity contribution in [1.29, 1.82) is 0 Å². The van der Waals surface area contributed by atoms with E-state index in [1.165, 1.54) is 27.9 Å². The summed E-state index contributed by atoms with van der Waals surface area (Å²) in [6.45, 7) is 5.73. The predicted octanol–water partition coefficient (Wildman–Crippen LogP) is 1.34. The summed E-state index contributed by atoms with van der Waals surface area (Å²) in [5, 5.41) is 0. The van der Waals surface area contributed by atoms with Crippen molar-refractivity contribution in [3.63, 3.8) is 0 Å². The molecule has 8 heteroatoms. The van der Waals surface area contributed by atoms with Gasteiger partial charge in [-0.3, -0.25) is 14.4 Å². The number of hydrogen-bond donors (Lipinski definition) is 0. The normalized spacial score (nSPS) is 29.6. The molecule has 0 N–H and O–H groups in total. The van der Waals surface area contributed by atoms with E-state index in [2.05, 4.69) is 0 Å². The zero-order valence-electron chi connectivity index (χ0n) is 14.8. The Morgan fingerprint density at radius 1 is 0.875 bits per heavy atom. The smallest absolute Gasteiger partial charge is 0.303 e. The summed E-state index contributed by atoms with van der Waals surface area (Å²) < 4.78 is 26.9. The van der Waals surface area contributed by atoms with E-state index in [0.29, 0.717) is 6.42 Å². The van der Waals surface area contributed by atoms with Crippen molar-refractivity contribution in [3.8, 4) is 0 Å². The van der Waals surface area contributed by atoms with Gasteiger partial charge in [0.05, 0.1) is 0 Å². The van der Waals surface area contributed by atoms with Crippen molar-refractivity contribution >= 4 is 17.9 Å². The molecule has 1 rings (SSSR count). The molecule has 0 aromatic carbocycles. The topological polar surface area (TPSA) is 97.4 Å². The standard InChI is InChI=1S/C16H26O8/c1-6-7-8-12-13(21-9(2)17)14(22-10(3)18)15(23-11(4)19)16(20-5)24-12/h12-16H,6-8H2,1-5H3/t12-,13-,14+,15+,16+/m1/s1. The van der Waals surface area contributed by atoms with Gasteiger partial charge in [-0.05, 0) is 6.42 Å². The first-order chi connectivity index (χ1) is 11.3. The van der Waals surface area contributed by atoms with Crippen molar-refractivity contribution in [2.24, 2.45) is 0 Å². The van der Waals surface area contributed by atoms with Gasteiger partial charge in [0.15, 0.2) is 24.6 Å². The van der Waals surface area contributed by atoms with E-state index < -0.39 is 48.6 Å². The van der Waals surface area contributed by atoms with Gasteiger partial charge in [-0.25, -0.2) is 0 Å². The molecule has 0 bridgehead atoms. The van der Waals surface area contributed by atoms with Gasteiger partial charge in [0.1, 0.15) is 6.10 Å². The van der Waals surface area contributed by atoms with Crippen LogP contribution >= 0.6 is 0 Å². The van der Waals surface area contributed by atoms with Crippen molar-refractivity contribution < 1.29 is 38.1 Å². The Balaban J connectivity index is 3.15. The van der Waals surface area contributed by atoms with E-state index in [-0.39, 0.29) is 0 Å². The molecule has 0 spiro atoms. The lowest BCUT2D eigenvalue weighted by Gasteiger charge is -2.44. The zero-order valence-corrected chi connectivity index (χ0v) is 14.8. The summed E-state index contributed by atoms with van der Waals surface area (Å²) in [7, 11) is 1.40. The number of ether oxygens (including phenoxy) is 5. The highest BCUT2D eigenvalue weighted by molar-refractivity contribution is 5.68. The lowest BCUT2D eigenvalue weighted by molar-refractivity contribution is -0.299. The predicted molar refractivity (Wildman–Crippen MR) is 81.9 cm³/mol. The summed E-state index contributed by atoms with van der Waals surface area (Å²) in [5.41, 5.74) is 0. The van der Waals surface area contributed by atoms with E-state index in [1.807, 2.05) is 6.92 Å². The molecular formula is C16H26O8. The van der Waals surface area contributed by atoms with Gasteiger partial charge >= 0.3 is 17.9 Å². The molecule has 1 heterocycles. The van der Waals surface area contributed by atoms with Gasteiger partial charge in [-0.2, -0.15) is 0 Å². The SMILES string of the molecule is CCCC[C@H]1O[C@H](OC)[C@@H](OC(C)=O)[C@@H](OC(C)=O)[C@@H]1OC(C)=O. The molecule has 1 saturated heterocycles. The van der Waals surface area contributed by atoms with Crippen molar-refractivity contribution in [1.82, 2.24) is 0 Å². The third-order valence-electron chi connectivity index (χ3n) is 3.57. The monoisotopic (exact) mass is 346 g/mol. The molecule has 1 aliphatic heterocycles. The molecule has 0 saturated carbocycles. The first-order valence-electron chi connectivity index (χ1n) is 8.00. The van der Waals surface area contributed by atoms with Crippen LogP contribution in [-0.2, 0) is 38.1 Å². The second kappa shape index (κ2) is 9.58. The number of carbonyl (C=O) groups excluding carboxylic acids is 3. The fourth-order valence-corrected chi connectivity index (χ4v) is 2.68. The number of methoxy groups -OCH3 is 1. The quantitative estimate of drug-likeness (QED) is 0.503. The maximum atomic E-state index is 11.5. The highest BCUT2D eigenvalue weighted by atomic mass is 16.7. The van der Waals surface area contributed by atoms with Crippen LogP contribution in [0.4, 0.5) is 0 Å². The Labute approximate surface area is 141 Å². The summed E-state index contributed by atoms with van der Waals surface area (Å²) in [5.74, 6) is -1.71. The van der Waals surface area contributed by atoms with E-state index in [4.69, 9.17) is 23.7 Å². The van der Waals surface area contributed by atoms with Gasteiger partial charge in [0.2, 0.25) is 0 Å². The number of hydrogen-bond acceptors (Lipinski definition) is 8. The number of unbranched alkanes of at least 4 members (excludes halogenated alkanes) is 1. The summed E-state index contributed by atoms with van der Waals surface area (Å²) in [4.78, 5) is 34.4. The van der Waals surface area contributed by atoms with Crippen LogP contribution in [0.15, 0.2) is 0 Å². The Bertz CT molecular complexity index is 449. The van der Waals surface area contributed by atoms with Crippen molar-refractivity contribution in [2.45, 2.75) is 77.7 Å². The Kier molecular flexibility index (Phi) is 8.14. The number of esters is 3. The molecule has 0 unspecified atom stereocenters. The molecule has 0 aromatic heterocycles. The fourth-order valence-electron chi connectivity index (χ4n) is 2.68. The lowest BCUT2D eigenvalue weighted by Crippen LogP contribution is -2.61. The van der Waals surface area contributed by atoms with Crippen LogP contribution in [0.2, 0.25) is 0 Å². The summed E-state index contributed by atoms with van der Waals surface area (Å²) in [6, 6.07) is 0. The highest BCUT2D eigenvalue weighted by Gasteiger charge is 2.51. The molecule has 0 aliphatic carbocycles. The van der Waals surface area contributed by atoms with Gasteiger partial charge in [0.25, 0.3) is 0 Å². The maximum Gasteiger partial charge on any atom is 0.303 e. The van der Waals surface area contributed by atoms with E-state index in [1.54, 1.807) is 0 Å². The van der Waals surface area contributed by atoms with Crippen LogP contribution in [0, 0.1) is 0 Å². The Hall–Kier alpha value is -1.67. The van der Waals surface area contributed by atoms with Gasteiger partial charge in [-0.15, -0.1) is 0 Å². The molecular weight excluding hydrogens is 320 g/mol. The minimum Gasteiger partial charge on any atom is -0.456 e. The molecule has 5 atom stereocenters. The molecule has 24 heavy (non-hydrogen) atoms. The second-order valence-corrected chi connectivity index (χ2v) is 5.64. The number of carbonyl (C=O) groups is 3. The molecule has 0 aromatic rings. The van der Waals surface area contributed by atoms with Crippen LogP contribution < -0.4 is 0 Å². The maximum absolute atomic E-state index is 11.5. The van der Waals surface area contributed by atoms with Crippen LogP contribution in [0.5, 0.6) is 0 Å². The van der Waals surface area contributed by atoms with Crippen LogP contribution in [0.25, 0.3) is 0 Å². The molecule has 1 aliphatic rings. The van der Waals surface area contributed by atoms with E-state index >= 15 is 0 Å². The third-order valence-corrected chi connectivity index (χ3v) is 3.57.